The Hall–Kier alpha value is -2.82. The van der Waals surface area contributed by atoms with Crippen LogP contribution in [0.1, 0.15) is 21.8 Å². The number of rotatable bonds is 3. The van der Waals surface area contributed by atoms with Crippen molar-refractivity contribution < 1.29 is 9.53 Å². The largest absolute Gasteiger partial charge is 0.493 e. The van der Waals surface area contributed by atoms with Crippen LogP contribution in [0.3, 0.4) is 0 Å². The standard InChI is InChI=1S/C17H15N3O2/c21-17(11-5-6-14-15(7-11)20-10-19-14)18-8-12-9-22-16-4-2-1-3-13(12)16/h1-7,10,12H,8-9H2,(H,18,21)(H,19,20). The zero-order valence-corrected chi connectivity index (χ0v) is 11.9. The number of para-hydroxylation sites is 1. The van der Waals surface area contributed by atoms with E-state index in [1.165, 1.54) is 0 Å². The molecule has 1 atom stereocenters. The van der Waals surface area contributed by atoms with Gasteiger partial charge in [0, 0.05) is 23.6 Å². The number of carbonyl (C=O) groups is 1. The molecule has 1 aromatic heterocycles. The van der Waals surface area contributed by atoms with Gasteiger partial charge in [0.25, 0.3) is 5.91 Å². The summed E-state index contributed by atoms with van der Waals surface area (Å²) in [5, 5.41) is 2.99. The van der Waals surface area contributed by atoms with Crippen molar-refractivity contribution in [2.24, 2.45) is 0 Å². The zero-order valence-electron chi connectivity index (χ0n) is 11.9. The van der Waals surface area contributed by atoms with Crippen LogP contribution in [-0.2, 0) is 0 Å². The fourth-order valence-electron chi connectivity index (χ4n) is 2.79. The molecule has 110 valence electrons. The van der Waals surface area contributed by atoms with Gasteiger partial charge < -0.3 is 15.0 Å². The summed E-state index contributed by atoms with van der Waals surface area (Å²) >= 11 is 0. The number of imidazole rings is 1. The third-order valence-electron chi connectivity index (χ3n) is 3.99. The number of nitrogens with zero attached hydrogens (tertiary/aromatic N) is 1. The van der Waals surface area contributed by atoms with Crippen molar-refractivity contribution in [3.63, 3.8) is 0 Å². The number of hydrogen-bond acceptors (Lipinski definition) is 3. The number of nitrogens with one attached hydrogen (secondary N) is 2. The van der Waals surface area contributed by atoms with E-state index in [-0.39, 0.29) is 11.8 Å². The molecule has 0 saturated heterocycles. The maximum Gasteiger partial charge on any atom is 0.251 e. The topological polar surface area (TPSA) is 67.0 Å². The Morgan fingerprint density at radius 1 is 1.32 bits per heavy atom. The van der Waals surface area contributed by atoms with Gasteiger partial charge in [-0.15, -0.1) is 0 Å². The maximum absolute atomic E-state index is 12.3. The van der Waals surface area contributed by atoms with Crippen LogP contribution in [0.5, 0.6) is 5.75 Å². The molecule has 1 unspecified atom stereocenters. The third kappa shape index (κ3) is 2.20. The molecule has 0 radical (unpaired) electrons. The lowest BCUT2D eigenvalue weighted by molar-refractivity contribution is 0.0950. The summed E-state index contributed by atoms with van der Waals surface area (Å²) in [6.07, 6.45) is 1.62. The van der Waals surface area contributed by atoms with Gasteiger partial charge in [0.2, 0.25) is 0 Å². The number of fused-ring (bicyclic) bond motifs is 2. The van der Waals surface area contributed by atoms with E-state index in [1.54, 1.807) is 12.4 Å². The van der Waals surface area contributed by atoms with Gasteiger partial charge in [0.15, 0.2) is 0 Å². The second-order valence-corrected chi connectivity index (χ2v) is 5.39. The normalized spacial score (nSPS) is 16.3. The number of aromatic nitrogens is 2. The van der Waals surface area contributed by atoms with E-state index >= 15 is 0 Å². The molecule has 0 bridgehead atoms. The van der Waals surface area contributed by atoms with Crippen molar-refractivity contribution in [2.45, 2.75) is 5.92 Å². The SMILES string of the molecule is O=C(NCC1COc2ccccc21)c1ccc2nc[nH]c2c1. The predicted octanol–water partition coefficient (Wildman–Crippen LogP) is 2.47. The molecule has 0 spiro atoms. The van der Waals surface area contributed by atoms with E-state index in [2.05, 4.69) is 21.4 Å². The van der Waals surface area contributed by atoms with Gasteiger partial charge in [0.05, 0.1) is 24.0 Å². The number of hydrogen-bond donors (Lipinski definition) is 2. The molecule has 4 rings (SSSR count). The molecule has 2 N–H and O–H groups in total. The molecular formula is C17H15N3O2. The van der Waals surface area contributed by atoms with Gasteiger partial charge in [-0.1, -0.05) is 18.2 Å². The van der Waals surface area contributed by atoms with Crippen molar-refractivity contribution in [1.29, 1.82) is 0 Å². The average molecular weight is 293 g/mol. The van der Waals surface area contributed by atoms with Crippen LogP contribution >= 0.6 is 0 Å². The van der Waals surface area contributed by atoms with Gasteiger partial charge in [-0.05, 0) is 24.3 Å². The number of amides is 1. The Bertz CT molecular complexity index is 841. The fraction of sp³-hybridized carbons (Fsp3) is 0.176. The van der Waals surface area contributed by atoms with Crippen molar-refractivity contribution in [2.75, 3.05) is 13.2 Å². The first-order valence-corrected chi connectivity index (χ1v) is 7.24. The molecule has 2 aromatic carbocycles. The van der Waals surface area contributed by atoms with Crippen LogP contribution in [0, 0.1) is 0 Å². The van der Waals surface area contributed by atoms with E-state index < -0.39 is 0 Å². The van der Waals surface area contributed by atoms with E-state index in [4.69, 9.17) is 4.74 Å². The quantitative estimate of drug-likeness (QED) is 0.779. The molecule has 0 aliphatic carbocycles. The van der Waals surface area contributed by atoms with E-state index in [9.17, 15) is 4.79 Å². The summed E-state index contributed by atoms with van der Waals surface area (Å²) in [4.78, 5) is 19.5. The summed E-state index contributed by atoms with van der Waals surface area (Å²) in [7, 11) is 0. The second-order valence-electron chi connectivity index (χ2n) is 5.39. The van der Waals surface area contributed by atoms with Gasteiger partial charge in [-0.3, -0.25) is 4.79 Å². The van der Waals surface area contributed by atoms with Crippen LogP contribution in [0.4, 0.5) is 0 Å². The molecule has 1 amide bonds. The van der Waals surface area contributed by atoms with Gasteiger partial charge in [0.1, 0.15) is 5.75 Å². The van der Waals surface area contributed by atoms with Crippen molar-refractivity contribution in [3.8, 4) is 5.75 Å². The smallest absolute Gasteiger partial charge is 0.251 e. The fourth-order valence-corrected chi connectivity index (χ4v) is 2.79. The van der Waals surface area contributed by atoms with Crippen LogP contribution in [0.15, 0.2) is 48.8 Å². The molecule has 1 aliphatic rings. The summed E-state index contributed by atoms with van der Waals surface area (Å²) in [6.45, 7) is 1.18. The first-order chi connectivity index (χ1) is 10.8. The first-order valence-electron chi connectivity index (χ1n) is 7.24. The molecule has 3 aromatic rings. The molecule has 0 saturated carbocycles. The molecular weight excluding hydrogens is 278 g/mol. The van der Waals surface area contributed by atoms with Crippen LogP contribution < -0.4 is 10.1 Å². The molecule has 22 heavy (non-hydrogen) atoms. The number of benzene rings is 2. The maximum atomic E-state index is 12.3. The second kappa shape index (κ2) is 5.18. The number of aromatic amines is 1. The van der Waals surface area contributed by atoms with E-state index in [0.29, 0.717) is 18.7 Å². The molecule has 1 aliphatic heterocycles. The van der Waals surface area contributed by atoms with Crippen LogP contribution in [0.25, 0.3) is 11.0 Å². The molecule has 5 nitrogen and oxygen atoms in total. The summed E-state index contributed by atoms with van der Waals surface area (Å²) < 4.78 is 5.63. The van der Waals surface area contributed by atoms with Crippen LogP contribution in [-0.4, -0.2) is 29.0 Å². The Kier molecular flexibility index (Phi) is 3.04. The predicted molar refractivity (Wildman–Crippen MR) is 83.1 cm³/mol. The summed E-state index contributed by atoms with van der Waals surface area (Å²) in [6, 6.07) is 13.4. The van der Waals surface area contributed by atoms with Crippen molar-refractivity contribution in [1.82, 2.24) is 15.3 Å². The molecule has 0 fully saturated rings. The van der Waals surface area contributed by atoms with Gasteiger partial charge in [-0.2, -0.15) is 0 Å². The lowest BCUT2D eigenvalue weighted by Gasteiger charge is -2.10. The number of H-pyrrole nitrogens is 1. The highest BCUT2D eigenvalue weighted by atomic mass is 16.5. The van der Waals surface area contributed by atoms with Crippen LogP contribution in [0.2, 0.25) is 0 Å². The van der Waals surface area contributed by atoms with Crippen molar-refractivity contribution >= 4 is 16.9 Å². The van der Waals surface area contributed by atoms with Crippen molar-refractivity contribution in [3.05, 3.63) is 59.9 Å². The first kappa shape index (κ1) is 12.9. The van der Waals surface area contributed by atoms with Gasteiger partial charge >= 0.3 is 0 Å². The number of carbonyl (C=O) groups excluding carboxylic acids is 1. The minimum Gasteiger partial charge on any atom is -0.493 e. The minimum absolute atomic E-state index is 0.0825. The third-order valence-corrected chi connectivity index (χ3v) is 3.99. The highest BCUT2D eigenvalue weighted by Crippen LogP contribution is 2.32. The number of ether oxygens (including phenoxy) is 1. The summed E-state index contributed by atoms with van der Waals surface area (Å²) in [5.41, 5.74) is 3.51. The summed E-state index contributed by atoms with van der Waals surface area (Å²) in [5.74, 6) is 1.04. The minimum atomic E-state index is -0.0825. The Balaban J connectivity index is 1.46. The average Bonchev–Trinajstić information content (AvgIpc) is 3.18. The van der Waals surface area contributed by atoms with E-state index in [0.717, 1.165) is 22.3 Å². The zero-order chi connectivity index (χ0) is 14.9. The lowest BCUT2D eigenvalue weighted by Crippen LogP contribution is -2.28. The molecule has 5 heteroatoms. The Morgan fingerprint density at radius 2 is 2.23 bits per heavy atom. The molecule has 2 heterocycles. The lowest BCUT2D eigenvalue weighted by atomic mass is 10.0. The Morgan fingerprint density at radius 3 is 3.18 bits per heavy atom. The highest BCUT2D eigenvalue weighted by Gasteiger charge is 2.24. The van der Waals surface area contributed by atoms with E-state index in [1.807, 2.05) is 30.3 Å². The highest BCUT2D eigenvalue weighted by molar-refractivity contribution is 5.97. The van der Waals surface area contributed by atoms with Gasteiger partial charge in [-0.25, -0.2) is 4.98 Å². The monoisotopic (exact) mass is 293 g/mol. The Labute approximate surface area is 127 Å².